The monoisotopic (exact) mass is 240 g/mol. The Labute approximate surface area is 98.6 Å². The summed E-state index contributed by atoms with van der Waals surface area (Å²) < 4.78 is 1.23. The number of nitrogens with two attached hydrogens (primary N) is 1. The summed E-state index contributed by atoms with van der Waals surface area (Å²) in [6.45, 7) is 3.44. The fourth-order valence-electron chi connectivity index (χ4n) is 1.05. The van der Waals surface area contributed by atoms with Gasteiger partial charge < -0.3 is 16.2 Å². The number of amides is 1. The number of hydrogen-bond acceptors (Lipinski definition) is 4. The molecule has 1 heterocycles. The zero-order chi connectivity index (χ0) is 13.1. The van der Waals surface area contributed by atoms with Crippen LogP contribution in [0.4, 0.5) is 5.69 Å². The Bertz CT molecular complexity index is 425. The summed E-state index contributed by atoms with van der Waals surface area (Å²) in [6, 6.07) is 0. The molecule has 7 heteroatoms. The average molecular weight is 240 g/mol. The molecule has 0 atom stereocenters. The van der Waals surface area contributed by atoms with Gasteiger partial charge in [0.05, 0.1) is 17.3 Å². The van der Waals surface area contributed by atoms with Gasteiger partial charge in [-0.2, -0.15) is 5.10 Å². The second-order valence-electron chi connectivity index (χ2n) is 4.36. The van der Waals surface area contributed by atoms with Crippen molar-refractivity contribution in [3.8, 4) is 0 Å². The van der Waals surface area contributed by atoms with Crippen molar-refractivity contribution in [2.75, 3.05) is 11.9 Å². The quantitative estimate of drug-likeness (QED) is 0.665. The molecule has 4 N–H and O–H groups in total. The summed E-state index contributed by atoms with van der Waals surface area (Å²) >= 11 is 0. The van der Waals surface area contributed by atoms with E-state index in [0.29, 0.717) is 5.69 Å². The van der Waals surface area contributed by atoms with Crippen LogP contribution in [-0.4, -0.2) is 33.3 Å². The highest BCUT2D eigenvalue weighted by atomic mass is 16.4. The maximum Gasteiger partial charge on any atom is 0.325 e. The number of carbonyl (C=O) groups excluding carboxylic acids is 1. The van der Waals surface area contributed by atoms with Crippen molar-refractivity contribution in [2.45, 2.75) is 20.4 Å². The van der Waals surface area contributed by atoms with E-state index in [1.165, 1.54) is 17.1 Å². The van der Waals surface area contributed by atoms with Gasteiger partial charge in [0.2, 0.25) is 5.91 Å². The number of nitrogens with one attached hydrogen (secondary N) is 1. The first-order chi connectivity index (χ1) is 7.85. The summed E-state index contributed by atoms with van der Waals surface area (Å²) in [5.41, 5.74) is 5.26. The lowest BCUT2D eigenvalue weighted by Crippen LogP contribution is -2.37. The van der Waals surface area contributed by atoms with Gasteiger partial charge in [0, 0.05) is 12.7 Å². The molecule has 1 aromatic rings. The zero-order valence-electron chi connectivity index (χ0n) is 9.80. The number of rotatable bonds is 5. The number of nitrogens with zero attached hydrogens (tertiary/aromatic N) is 2. The van der Waals surface area contributed by atoms with Crippen molar-refractivity contribution in [2.24, 2.45) is 11.1 Å². The lowest BCUT2D eigenvalue weighted by atomic mass is 9.93. The standard InChI is InChI=1S/C10H16N4O3/c1-10(2,6-11)9(17)13-7-3-12-14(4-7)5-8(15)16/h3-4H,5-6,11H2,1-2H3,(H,13,17)(H,15,16). The molecule has 0 aromatic carbocycles. The number of aromatic nitrogens is 2. The minimum absolute atomic E-state index is 0.224. The summed E-state index contributed by atoms with van der Waals surface area (Å²) in [7, 11) is 0. The molecule has 0 aliphatic carbocycles. The Hall–Kier alpha value is -1.89. The lowest BCUT2D eigenvalue weighted by Gasteiger charge is -2.20. The summed E-state index contributed by atoms with van der Waals surface area (Å²) in [5.74, 6) is -1.22. The highest BCUT2D eigenvalue weighted by molar-refractivity contribution is 5.94. The van der Waals surface area contributed by atoms with Crippen LogP contribution in [0.15, 0.2) is 12.4 Å². The summed E-state index contributed by atoms with van der Waals surface area (Å²) in [5, 5.41) is 15.0. The SMILES string of the molecule is CC(C)(CN)C(=O)Nc1cnn(CC(=O)O)c1. The highest BCUT2D eigenvalue weighted by Crippen LogP contribution is 2.16. The smallest absolute Gasteiger partial charge is 0.325 e. The molecular weight excluding hydrogens is 224 g/mol. The topological polar surface area (TPSA) is 110 Å². The van der Waals surface area contributed by atoms with E-state index in [1.54, 1.807) is 13.8 Å². The average Bonchev–Trinajstić information content (AvgIpc) is 2.64. The first-order valence-corrected chi connectivity index (χ1v) is 5.11. The third-order valence-electron chi connectivity index (χ3n) is 2.31. The van der Waals surface area contributed by atoms with Gasteiger partial charge in [0.25, 0.3) is 0 Å². The molecule has 0 aliphatic rings. The second kappa shape index (κ2) is 4.96. The Morgan fingerprint density at radius 2 is 2.24 bits per heavy atom. The Kier molecular flexibility index (Phi) is 3.84. The van der Waals surface area contributed by atoms with Crippen molar-refractivity contribution in [3.63, 3.8) is 0 Å². The van der Waals surface area contributed by atoms with Crippen LogP contribution in [0.3, 0.4) is 0 Å². The Morgan fingerprint density at radius 1 is 1.59 bits per heavy atom. The zero-order valence-corrected chi connectivity index (χ0v) is 9.80. The van der Waals surface area contributed by atoms with E-state index in [1.807, 2.05) is 0 Å². The van der Waals surface area contributed by atoms with Crippen molar-refractivity contribution < 1.29 is 14.7 Å². The second-order valence-corrected chi connectivity index (χ2v) is 4.36. The normalized spacial score (nSPS) is 11.2. The Balaban J connectivity index is 2.67. The first kappa shape index (κ1) is 13.2. The van der Waals surface area contributed by atoms with Crippen molar-refractivity contribution in [1.82, 2.24) is 9.78 Å². The van der Waals surface area contributed by atoms with Crippen LogP contribution in [0.25, 0.3) is 0 Å². The molecule has 1 rings (SSSR count). The van der Waals surface area contributed by atoms with Crippen molar-refractivity contribution >= 4 is 17.6 Å². The van der Waals surface area contributed by atoms with E-state index in [4.69, 9.17) is 10.8 Å². The van der Waals surface area contributed by atoms with Crippen LogP contribution in [0.5, 0.6) is 0 Å². The molecule has 94 valence electrons. The largest absolute Gasteiger partial charge is 0.480 e. The van der Waals surface area contributed by atoms with Crippen LogP contribution in [0.2, 0.25) is 0 Å². The van der Waals surface area contributed by atoms with E-state index in [-0.39, 0.29) is 19.0 Å². The maximum absolute atomic E-state index is 11.8. The third kappa shape index (κ3) is 3.56. The lowest BCUT2D eigenvalue weighted by molar-refractivity contribution is -0.137. The third-order valence-corrected chi connectivity index (χ3v) is 2.31. The molecule has 0 bridgehead atoms. The molecule has 0 spiro atoms. The number of hydrogen-bond donors (Lipinski definition) is 3. The molecule has 0 radical (unpaired) electrons. The molecule has 0 unspecified atom stereocenters. The van der Waals surface area contributed by atoms with Gasteiger partial charge in [-0.15, -0.1) is 0 Å². The Morgan fingerprint density at radius 3 is 2.76 bits per heavy atom. The van der Waals surface area contributed by atoms with Gasteiger partial charge in [0.15, 0.2) is 0 Å². The minimum Gasteiger partial charge on any atom is -0.480 e. The molecule has 1 aromatic heterocycles. The molecule has 7 nitrogen and oxygen atoms in total. The number of carboxylic acid groups (broad SMARTS) is 1. The van der Waals surface area contributed by atoms with Gasteiger partial charge in [-0.05, 0) is 13.8 Å². The van der Waals surface area contributed by atoms with Crippen LogP contribution in [-0.2, 0) is 16.1 Å². The highest BCUT2D eigenvalue weighted by Gasteiger charge is 2.26. The molecule has 0 saturated carbocycles. The molecule has 0 fully saturated rings. The number of anilines is 1. The van der Waals surface area contributed by atoms with Crippen LogP contribution in [0.1, 0.15) is 13.8 Å². The predicted octanol–water partition coefficient (Wildman–Crippen LogP) is -0.109. The summed E-state index contributed by atoms with van der Waals surface area (Å²) in [6.07, 6.45) is 2.85. The van der Waals surface area contributed by atoms with Gasteiger partial charge in [-0.3, -0.25) is 14.3 Å². The van der Waals surface area contributed by atoms with Gasteiger partial charge in [0.1, 0.15) is 6.54 Å². The fraction of sp³-hybridized carbons (Fsp3) is 0.500. The number of carboxylic acids is 1. The van der Waals surface area contributed by atoms with Crippen molar-refractivity contribution in [3.05, 3.63) is 12.4 Å². The van der Waals surface area contributed by atoms with E-state index in [9.17, 15) is 9.59 Å². The van der Waals surface area contributed by atoms with E-state index in [0.717, 1.165) is 0 Å². The predicted molar refractivity (Wildman–Crippen MR) is 61.3 cm³/mol. The van der Waals surface area contributed by atoms with Crippen molar-refractivity contribution in [1.29, 1.82) is 0 Å². The molecule has 0 saturated heterocycles. The van der Waals surface area contributed by atoms with Crippen LogP contribution >= 0.6 is 0 Å². The van der Waals surface area contributed by atoms with E-state index < -0.39 is 11.4 Å². The molecule has 0 aliphatic heterocycles. The van der Waals surface area contributed by atoms with E-state index >= 15 is 0 Å². The summed E-state index contributed by atoms with van der Waals surface area (Å²) in [4.78, 5) is 22.2. The molecule has 1 amide bonds. The van der Waals surface area contributed by atoms with Crippen LogP contribution < -0.4 is 11.1 Å². The number of aliphatic carboxylic acids is 1. The van der Waals surface area contributed by atoms with Gasteiger partial charge in [-0.25, -0.2) is 0 Å². The van der Waals surface area contributed by atoms with Crippen LogP contribution in [0, 0.1) is 5.41 Å². The fourth-order valence-corrected chi connectivity index (χ4v) is 1.05. The molecule has 17 heavy (non-hydrogen) atoms. The first-order valence-electron chi connectivity index (χ1n) is 5.11. The maximum atomic E-state index is 11.8. The number of carbonyl (C=O) groups is 2. The van der Waals surface area contributed by atoms with E-state index in [2.05, 4.69) is 10.4 Å². The molecular formula is C10H16N4O3. The van der Waals surface area contributed by atoms with Gasteiger partial charge in [-0.1, -0.05) is 0 Å². The van der Waals surface area contributed by atoms with Gasteiger partial charge >= 0.3 is 5.97 Å². The minimum atomic E-state index is -0.992.